The van der Waals surface area contributed by atoms with Gasteiger partial charge in [0.25, 0.3) is 0 Å². The molecule has 16 heavy (non-hydrogen) atoms. The maximum atomic E-state index is 5.61. The van der Waals surface area contributed by atoms with Crippen LogP contribution in [0.2, 0.25) is 0 Å². The lowest BCUT2D eigenvalue weighted by Gasteiger charge is -2.06. The summed E-state index contributed by atoms with van der Waals surface area (Å²) in [5.41, 5.74) is 7.90. The van der Waals surface area contributed by atoms with E-state index in [1.807, 2.05) is 17.9 Å². The molecule has 2 aromatic rings. The fourth-order valence-electron chi connectivity index (χ4n) is 1.74. The minimum atomic E-state index is 0.464. The van der Waals surface area contributed by atoms with Gasteiger partial charge in [0, 0.05) is 19.4 Å². The number of aromatic nitrogens is 4. The van der Waals surface area contributed by atoms with Crippen molar-refractivity contribution in [1.29, 1.82) is 0 Å². The molecule has 86 valence electrons. The van der Waals surface area contributed by atoms with Gasteiger partial charge in [-0.3, -0.25) is 4.68 Å². The van der Waals surface area contributed by atoms with Gasteiger partial charge in [-0.25, -0.2) is 4.98 Å². The Bertz CT molecular complexity index is 468. The summed E-state index contributed by atoms with van der Waals surface area (Å²) in [6.45, 7) is 3.34. The van der Waals surface area contributed by atoms with E-state index in [1.54, 1.807) is 6.20 Å². The Balaban J connectivity index is 2.23. The average molecular weight is 219 g/mol. The standard InChI is InChI=1S/C11H17N5/c1-3-9-6-10(15(2)14-9)8-16-5-4-13-11(16)7-12/h4-6H,3,7-8,12H2,1-2H3. The van der Waals surface area contributed by atoms with Gasteiger partial charge in [0.1, 0.15) is 5.82 Å². The highest BCUT2D eigenvalue weighted by molar-refractivity contribution is 5.11. The number of imidazole rings is 1. The van der Waals surface area contributed by atoms with Crippen molar-refractivity contribution in [1.82, 2.24) is 19.3 Å². The van der Waals surface area contributed by atoms with E-state index < -0.39 is 0 Å². The molecule has 0 aliphatic heterocycles. The maximum absolute atomic E-state index is 5.61. The first kappa shape index (κ1) is 10.9. The number of aryl methyl sites for hydroxylation is 2. The van der Waals surface area contributed by atoms with Gasteiger partial charge >= 0.3 is 0 Å². The van der Waals surface area contributed by atoms with Crippen molar-refractivity contribution < 1.29 is 0 Å². The molecule has 0 bridgehead atoms. The van der Waals surface area contributed by atoms with E-state index in [2.05, 4.69) is 27.6 Å². The Morgan fingerprint density at radius 1 is 1.44 bits per heavy atom. The number of nitrogens with two attached hydrogens (primary N) is 1. The molecule has 5 nitrogen and oxygen atoms in total. The van der Waals surface area contributed by atoms with E-state index in [0.29, 0.717) is 6.54 Å². The van der Waals surface area contributed by atoms with E-state index in [-0.39, 0.29) is 0 Å². The van der Waals surface area contributed by atoms with Crippen molar-refractivity contribution >= 4 is 0 Å². The van der Waals surface area contributed by atoms with Gasteiger partial charge in [-0.05, 0) is 12.5 Å². The number of nitrogens with zero attached hydrogens (tertiary/aromatic N) is 4. The van der Waals surface area contributed by atoms with Gasteiger partial charge in [0.15, 0.2) is 0 Å². The summed E-state index contributed by atoms with van der Waals surface area (Å²) >= 11 is 0. The molecule has 0 aromatic carbocycles. The van der Waals surface area contributed by atoms with Crippen LogP contribution in [0.3, 0.4) is 0 Å². The second-order valence-electron chi connectivity index (χ2n) is 3.78. The summed E-state index contributed by atoms with van der Waals surface area (Å²) in [6, 6.07) is 2.13. The lowest BCUT2D eigenvalue weighted by Crippen LogP contribution is -2.11. The van der Waals surface area contributed by atoms with Gasteiger partial charge < -0.3 is 10.3 Å². The molecule has 0 fully saturated rings. The summed E-state index contributed by atoms with van der Waals surface area (Å²) in [6.07, 6.45) is 4.68. The Labute approximate surface area is 94.9 Å². The lowest BCUT2D eigenvalue weighted by molar-refractivity contribution is 0.640. The fraction of sp³-hybridized carbons (Fsp3) is 0.455. The van der Waals surface area contributed by atoms with Crippen LogP contribution in [0.4, 0.5) is 0 Å². The molecular formula is C11H17N5. The minimum absolute atomic E-state index is 0.464. The van der Waals surface area contributed by atoms with Crippen LogP contribution in [0.5, 0.6) is 0 Å². The Kier molecular flexibility index (Phi) is 3.05. The Morgan fingerprint density at radius 2 is 2.25 bits per heavy atom. The molecule has 0 atom stereocenters. The number of hydrogen-bond acceptors (Lipinski definition) is 3. The summed E-state index contributed by atoms with van der Waals surface area (Å²) in [5.74, 6) is 0.902. The third-order valence-electron chi connectivity index (χ3n) is 2.71. The van der Waals surface area contributed by atoms with Crippen LogP contribution in [0.15, 0.2) is 18.5 Å². The van der Waals surface area contributed by atoms with Crippen LogP contribution in [0.1, 0.15) is 24.1 Å². The largest absolute Gasteiger partial charge is 0.328 e. The van der Waals surface area contributed by atoms with Crippen molar-refractivity contribution in [2.75, 3.05) is 0 Å². The van der Waals surface area contributed by atoms with Crippen molar-refractivity contribution in [3.63, 3.8) is 0 Å². The molecule has 5 heteroatoms. The van der Waals surface area contributed by atoms with Crippen LogP contribution in [0.25, 0.3) is 0 Å². The van der Waals surface area contributed by atoms with E-state index in [0.717, 1.165) is 24.5 Å². The molecule has 0 saturated heterocycles. The highest BCUT2D eigenvalue weighted by atomic mass is 15.3. The molecule has 0 spiro atoms. The van der Waals surface area contributed by atoms with Gasteiger partial charge in [-0.15, -0.1) is 0 Å². The van der Waals surface area contributed by atoms with Gasteiger partial charge in [0.2, 0.25) is 0 Å². The number of rotatable bonds is 4. The Morgan fingerprint density at radius 3 is 2.88 bits per heavy atom. The van der Waals surface area contributed by atoms with Gasteiger partial charge in [-0.1, -0.05) is 6.92 Å². The van der Waals surface area contributed by atoms with E-state index in [4.69, 9.17) is 5.73 Å². The predicted octanol–water partition coefficient (Wildman–Crippen LogP) is 0.686. The molecule has 0 aliphatic rings. The van der Waals surface area contributed by atoms with Crippen molar-refractivity contribution in [2.45, 2.75) is 26.4 Å². The Hall–Kier alpha value is -1.62. The first-order chi connectivity index (χ1) is 7.74. The smallest absolute Gasteiger partial charge is 0.122 e. The number of hydrogen-bond donors (Lipinski definition) is 1. The first-order valence-electron chi connectivity index (χ1n) is 5.46. The zero-order valence-electron chi connectivity index (χ0n) is 9.72. The van der Waals surface area contributed by atoms with Crippen LogP contribution in [-0.4, -0.2) is 19.3 Å². The van der Waals surface area contributed by atoms with Crippen LogP contribution >= 0.6 is 0 Å². The minimum Gasteiger partial charge on any atom is -0.328 e. The monoisotopic (exact) mass is 219 g/mol. The molecular weight excluding hydrogens is 202 g/mol. The zero-order chi connectivity index (χ0) is 11.5. The second kappa shape index (κ2) is 4.49. The fourth-order valence-corrected chi connectivity index (χ4v) is 1.74. The molecule has 2 N–H and O–H groups in total. The van der Waals surface area contributed by atoms with Crippen LogP contribution < -0.4 is 5.73 Å². The van der Waals surface area contributed by atoms with E-state index in [1.165, 1.54) is 5.69 Å². The quantitative estimate of drug-likeness (QED) is 0.822. The lowest BCUT2D eigenvalue weighted by atomic mass is 10.3. The molecule has 2 heterocycles. The SMILES string of the molecule is CCc1cc(Cn2ccnc2CN)n(C)n1. The third kappa shape index (κ3) is 1.99. The van der Waals surface area contributed by atoms with E-state index >= 15 is 0 Å². The highest BCUT2D eigenvalue weighted by Crippen LogP contribution is 2.07. The summed E-state index contributed by atoms with van der Waals surface area (Å²) < 4.78 is 3.97. The second-order valence-corrected chi connectivity index (χ2v) is 3.78. The summed E-state index contributed by atoms with van der Waals surface area (Å²) in [4.78, 5) is 4.20. The summed E-state index contributed by atoms with van der Waals surface area (Å²) in [7, 11) is 1.97. The third-order valence-corrected chi connectivity index (χ3v) is 2.71. The summed E-state index contributed by atoms with van der Waals surface area (Å²) in [5, 5.41) is 4.42. The first-order valence-corrected chi connectivity index (χ1v) is 5.46. The van der Waals surface area contributed by atoms with Gasteiger partial charge in [-0.2, -0.15) is 5.10 Å². The molecule has 2 rings (SSSR count). The van der Waals surface area contributed by atoms with Crippen molar-refractivity contribution in [3.8, 4) is 0 Å². The molecule has 0 aliphatic carbocycles. The van der Waals surface area contributed by atoms with Crippen LogP contribution in [-0.2, 0) is 26.6 Å². The molecule has 0 amide bonds. The average Bonchev–Trinajstić information content (AvgIpc) is 2.86. The predicted molar refractivity (Wildman–Crippen MR) is 61.8 cm³/mol. The van der Waals surface area contributed by atoms with E-state index in [9.17, 15) is 0 Å². The van der Waals surface area contributed by atoms with Crippen molar-refractivity contribution in [2.24, 2.45) is 12.8 Å². The molecule has 0 radical (unpaired) electrons. The van der Waals surface area contributed by atoms with Gasteiger partial charge in [0.05, 0.1) is 24.5 Å². The molecule has 0 unspecified atom stereocenters. The highest BCUT2D eigenvalue weighted by Gasteiger charge is 2.06. The van der Waals surface area contributed by atoms with Crippen LogP contribution in [0, 0.1) is 0 Å². The zero-order valence-corrected chi connectivity index (χ0v) is 9.72. The van der Waals surface area contributed by atoms with Crippen molar-refractivity contribution in [3.05, 3.63) is 35.7 Å². The molecule has 2 aromatic heterocycles. The molecule has 0 saturated carbocycles. The maximum Gasteiger partial charge on any atom is 0.122 e. The topological polar surface area (TPSA) is 61.7 Å². The normalized spacial score (nSPS) is 10.9.